The maximum atomic E-state index is 6.03. The molecule has 4 rings (SSSR count). The number of para-hydroxylation sites is 2. The Morgan fingerprint density at radius 2 is 2.00 bits per heavy atom. The molecular formula is C25H26N2O2S. The number of methoxy groups -OCH3 is 1. The second-order valence-corrected chi connectivity index (χ2v) is 8.14. The zero-order chi connectivity index (χ0) is 20.8. The third-order valence-electron chi connectivity index (χ3n) is 5.04. The summed E-state index contributed by atoms with van der Waals surface area (Å²) < 4.78 is 13.9. The Balaban J connectivity index is 1.44. The highest BCUT2D eigenvalue weighted by Gasteiger charge is 2.12. The fraction of sp³-hybridized carbons (Fsp3) is 0.240. The Morgan fingerprint density at radius 3 is 2.80 bits per heavy atom. The minimum Gasteiger partial charge on any atom is -0.493 e. The maximum absolute atomic E-state index is 6.03. The van der Waals surface area contributed by atoms with E-state index in [1.54, 1.807) is 18.4 Å². The van der Waals surface area contributed by atoms with E-state index >= 15 is 0 Å². The van der Waals surface area contributed by atoms with E-state index in [2.05, 4.69) is 52.9 Å². The van der Waals surface area contributed by atoms with Gasteiger partial charge in [0.1, 0.15) is 5.82 Å². The van der Waals surface area contributed by atoms with Crippen molar-refractivity contribution in [3.05, 3.63) is 88.9 Å². The summed E-state index contributed by atoms with van der Waals surface area (Å²) >= 11 is 1.77. The van der Waals surface area contributed by atoms with Crippen LogP contribution in [0.5, 0.6) is 11.5 Å². The molecule has 0 bridgehead atoms. The minimum atomic E-state index is 0.613. The smallest absolute Gasteiger partial charge is 0.161 e. The lowest BCUT2D eigenvalue weighted by Crippen LogP contribution is -2.08. The van der Waals surface area contributed by atoms with Gasteiger partial charge in [-0.2, -0.15) is 0 Å². The summed E-state index contributed by atoms with van der Waals surface area (Å²) in [5.41, 5.74) is 3.39. The van der Waals surface area contributed by atoms with Gasteiger partial charge in [0.15, 0.2) is 11.5 Å². The summed E-state index contributed by atoms with van der Waals surface area (Å²) in [6, 6.07) is 18.6. The molecule has 5 heteroatoms. The largest absolute Gasteiger partial charge is 0.493 e. The number of hydrogen-bond acceptors (Lipinski definition) is 4. The average Bonchev–Trinajstić information content (AvgIpc) is 3.40. The summed E-state index contributed by atoms with van der Waals surface area (Å²) in [7, 11) is 1.67. The van der Waals surface area contributed by atoms with Crippen molar-refractivity contribution in [1.82, 2.24) is 9.55 Å². The predicted octanol–water partition coefficient (Wildman–Crippen LogP) is 5.89. The number of rotatable bonds is 10. The van der Waals surface area contributed by atoms with Crippen LogP contribution in [0.25, 0.3) is 11.0 Å². The van der Waals surface area contributed by atoms with Crippen LogP contribution in [0.1, 0.15) is 22.7 Å². The number of aromatic nitrogens is 2. The number of allylic oxidation sites excluding steroid dienone is 1. The Kier molecular flexibility index (Phi) is 6.50. The van der Waals surface area contributed by atoms with Crippen molar-refractivity contribution in [3.8, 4) is 11.5 Å². The fourth-order valence-electron chi connectivity index (χ4n) is 3.61. The lowest BCUT2D eigenvalue weighted by molar-refractivity contribution is 0.282. The topological polar surface area (TPSA) is 36.3 Å². The van der Waals surface area contributed by atoms with Crippen molar-refractivity contribution in [2.24, 2.45) is 0 Å². The number of fused-ring (bicyclic) bond motifs is 1. The second-order valence-electron chi connectivity index (χ2n) is 7.10. The number of ether oxygens (including phenoxy) is 2. The molecule has 2 heterocycles. The standard InChI is InChI=1S/C25H26N2O2S/c1-3-8-19-12-13-23(24(17-19)28-2)29-15-7-14-27-22-11-5-4-10-21(22)26-25(27)18-20-9-6-16-30-20/h3-6,9-13,16-17H,1,7-8,14-15,18H2,2H3. The van der Waals surface area contributed by atoms with E-state index in [4.69, 9.17) is 14.5 Å². The van der Waals surface area contributed by atoms with Crippen molar-refractivity contribution < 1.29 is 9.47 Å². The molecular weight excluding hydrogens is 392 g/mol. The molecule has 0 N–H and O–H groups in total. The van der Waals surface area contributed by atoms with Gasteiger partial charge in [-0.3, -0.25) is 0 Å². The zero-order valence-corrected chi connectivity index (χ0v) is 18.0. The first kappa shape index (κ1) is 20.2. The number of aryl methyl sites for hydroxylation is 1. The Bertz CT molecular complexity index is 1120. The zero-order valence-electron chi connectivity index (χ0n) is 17.2. The molecule has 4 nitrogen and oxygen atoms in total. The summed E-state index contributed by atoms with van der Waals surface area (Å²) in [6.45, 7) is 5.26. The summed E-state index contributed by atoms with van der Waals surface area (Å²) in [5.74, 6) is 2.64. The molecule has 30 heavy (non-hydrogen) atoms. The van der Waals surface area contributed by atoms with Gasteiger partial charge in [-0.15, -0.1) is 17.9 Å². The molecule has 0 aliphatic heterocycles. The van der Waals surface area contributed by atoms with Crippen molar-refractivity contribution in [2.45, 2.75) is 25.8 Å². The van der Waals surface area contributed by atoms with Gasteiger partial charge < -0.3 is 14.0 Å². The third kappa shape index (κ3) is 4.57. The highest BCUT2D eigenvalue weighted by molar-refractivity contribution is 7.09. The summed E-state index contributed by atoms with van der Waals surface area (Å²) in [6.07, 6.45) is 4.44. The van der Waals surface area contributed by atoms with Crippen LogP contribution in [0.15, 0.2) is 72.6 Å². The third-order valence-corrected chi connectivity index (χ3v) is 5.91. The molecule has 0 radical (unpaired) electrons. The molecule has 2 aromatic heterocycles. The Hall–Kier alpha value is -3.05. The van der Waals surface area contributed by atoms with Crippen molar-refractivity contribution >= 4 is 22.4 Å². The minimum absolute atomic E-state index is 0.613. The van der Waals surface area contributed by atoms with Crippen molar-refractivity contribution in [1.29, 1.82) is 0 Å². The first-order valence-electron chi connectivity index (χ1n) is 10.2. The average molecular weight is 419 g/mol. The van der Waals surface area contributed by atoms with E-state index in [0.29, 0.717) is 6.61 Å². The Morgan fingerprint density at radius 1 is 1.10 bits per heavy atom. The molecule has 0 amide bonds. The van der Waals surface area contributed by atoms with E-state index < -0.39 is 0 Å². The fourth-order valence-corrected chi connectivity index (χ4v) is 4.31. The predicted molar refractivity (Wildman–Crippen MR) is 124 cm³/mol. The van der Waals surface area contributed by atoms with E-state index in [0.717, 1.165) is 54.2 Å². The number of nitrogens with zero attached hydrogens (tertiary/aromatic N) is 2. The van der Waals surface area contributed by atoms with E-state index in [1.165, 1.54) is 10.4 Å². The van der Waals surface area contributed by atoms with Crippen LogP contribution >= 0.6 is 11.3 Å². The van der Waals surface area contributed by atoms with Gasteiger partial charge in [0, 0.05) is 17.8 Å². The van der Waals surface area contributed by atoms with Gasteiger partial charge in [0.25, 0.3) is 0 Å². The van der Waals surface area contributed by atoms with Crippen LogP contribution in [-0.4, -0.2) is 23.3 Å². The second kappa shape index (κ2) is 9.63. The van der Waals surface area contributed by atoms with E-state index in [-0.39, 0.29) is 0 Å². The van der Waals surface area contributed by atoms with Gasteiger partial charge in [-0.25, -0.2) is 4.98 Å². The summed E-state index contributed by atoms with van der Waals surface area (Å²) in [5, 5.41) is 2.11. The molecule has 0 fully saturated rings. The van der Waals surface area contributed by atoms with Crippen LogP contribution in [-0.2, 0) is 19.4 Å². The number of hydrogen-bond donors (Lipinski definition) is 0. The van der Waals surface area contributed by atoms with Crippen LogP contribution < -0.4 is 9.47 Å². The molecule has 0 saturated heterocycles. The SMILES string of the molecule is C=CCc1ccc(OCCCn2c(Cc3cccs3)nc3ccccc32)c(OC)c1. The van der Waals surface area contributed by atoms with Crippen molar-refractivity contribution in [2.75, 3.05) is 13.7 Å². The molecule has 0 unspecified atom stereocenters. The monoisotopic (exact) mass is 418 g/mol. The molecule has 0 atom stereocenters. The molecule has 4 aromatic rings. The van der Waals surface area contributed by atoms with Crippen LogP contribution in [0.2, 0.25) is 0 Å². The highest BCUT2D eigenvalue weighted by Crippen LogP contribution is 2.28. The summed E-state index contributed by atoms with van der Waals surface area (Å²) in [4.78, 5) is 6.21. The number of thiophene rings is 1. The highest BCUT2D eigenvalue weighted by atomic mass is 32.1. The molecule has 154 valence electrons. The first-order chi connectivity index (χ1) is 14.8. The van der Waals surface area contributed by atoms with Gasteiger partial charge in [-0.1, -0.05) is 30.3 Å². The van der Waals surface area contributed by atoms with Crippen LogP contribution in [0.3, 0.4) is 0 Å². The van der Waals surface area contributed by atoms with Gasteiger partial charge in [0.2, 0.25) is 0 Å². The normalized spacial score (nSPS) is 11.0. The number of benzene rings is 2. The van der Waals surface area contributed by atoms with Gasteiger partial charge in [-0.05, 0) is 54.1 Å². The lowest BCUT2D eigenvalue weighted by Gasteiger charge is -2.13. The quantitative estimate of drug-likeness (QED) is 0.238. The van der Waals surface area contributed by atoms with Crippen LogP contribution in [0.4, 0.5) is 0 Å². The lowest BCUT2D eigenvalue weighted by atomic mass is 10.1. The first-order valence-corrected chi connectivity index (χ1v) is 11.0. The van der Waals surface area contributed by atoms with E-state index in [1.807, 2.05) is 24.3 Å². The van der Waals surface area contributed by atoms with Gasteiger partial charge >= 0.3 is 0 Å². The van der Waals surface area contributed by atoms with Gasteiger partial charge in [0.05, 0.1) is 24.8 Å². The molecule has 0 saturated carbocycles. The Labute approximate surface area is 181 Å². The molecule has 0 aliphatic carbocycles. The van der Waals surface area contributed by atoms with Crippen molar-refractivity contribution in [3.63, 3.8) is 0 Å². The van der Waals surface area contributed by atoms with E-state index in [9.17, 15) is 0 Å². The molecule has 0 aliphatic rings. The van der Waals surface area contributed by atoms with Crippen LogP contribution in [0, 0.1) is 0 Å². The maximum Gasteiger partial charge on any atom is 0.161 e. The molecule has 0 spiro atoms. The molecule has 2 aromatic carbocycles. The number of imidazole rings is 1.